The van der Waals surface area contributed by atoms with Crippen LogP contribution in [0, 0.1) is 16.7 Å². The molecule has 192 valence electrons. The van der Waals surface area contributed by atoms with E-state index in [1.807, 2.05) is 7.05 Å². The van der Waals surface area contributed by atoms with Gasteiger partial charge in [-0.3, -0.25) is 4.99 Å². The minimum absolute atomic E-state index is 0.237. The standard InChI is InChI=1S/C33H50N2/c1-22(2)30(33(7,8)9)21-27-12-11-13-28(17-15-27)24(4)20-29-16-14-23(3)32(26(6)25(29)5)31(35-10)18-19-34/h12,16,19-20,28,34H,11,13-15,17-18,21H2,1-10H3/b24-20+,34-19?,35-31?. The molecule has 2 nitrogen and oxygen atoms in total. The smallest absolute Gasteiger partial charge is 0.0472 e. The van der Waals surface area contributed by atoms with E-state index < -0.39 is 0 Å². The fraction of sp³-hybridized carbons (Fsp3) is 0.576. The zero-order valence-electron chi connectivity index (χ0n) is 24.3. The maximum Gasteiger partial charge on any atom is 0.0472 e. The van der Waals surface area contributed by atoms with E-state index in [9.17, 15) is 0 Å². The van der Waals surface area contributed by atoms with Gasteiger partial charge >= 0.3 is 0 Å². The number of nitrogens with one attached hydrogen (secondary N) is 1. The fourth-order valence-corrected chi connectivity index (χ4v) is 5.77. The number of aliphatic imine (C=N–C) groups is 1. The highest BCUT2D eigenvalue weighted by Crippen LogP contribution is 2.38. The summed E-state index contributed by atoms with van der Waals surface area (Å²) in [6.45, 7) is 20.6. The summed E-state index contributed by atoms with van der Waals surface area (Å²) in [6.07, 6.45) is 16.4. The Labute approximate surface area is 216 Å². The van der Waals surface area contributed by atoms with Crippen molar-refractivity contribution in [3.63, 3.8) is 0 Å². The molecule has 35 heavy (non-hydrogen) atoms. The number of nitrogens with zero attached hydrogens (tertiary/aromatic N) is 1. The Morgan fingerprint density at radius 1 is 1.06 bits per heavy atom. The largest absolute Gasteiger partial charge is 0.313 e. The second kappa shape index (κ2) is 12.7. The lowest BCUT2D eigenvalue weighted by Gasteiger charge is -2.26. The molecule has 0 bridgehead atoms. The summed E-state index contributed by atoms with van der Waals surface area (Å²) in [5.74, 6) is 0.644. The molecule has 0 radical (unpaired) electrons. The molecule has 1 atom stereocenters. The molecule has 2 aliphatic carbocycles. The van der Waals surface area contributed by atoms with Gasteiger partial charge in [0.2, 0.25) is 0 Å². The molecule has 0 saturated heterocycles. The van der Waals surface area contributed by atoms with Crippen LogP contribution in [0.5, 0.6) is 0 Å². The van der Waals surface area contributed by atoms with E-state index in [2.05, 4.69) is 85.5 Å². The average molecular weight is 475 g/mol. The molecule has 0 aromatic rings. The summed E-state index contributed by atoms with van der Waals surface area (Å²) in [4.78, 5) is 4.53. The van der Waals surface area contributed by atoms with Gasteiger partial charge in [-0.2, -0.15) is 0 Å². The molecular formula is C33H50N2. The van der Waals surface area contributed by atoms with Gasteiger partial charge in [-0.25, -0.2) is 0 Å². The Hall–Kier alpha value is -2.22. The molecule has 0 aliphatic heterocycles. The van der Waals surface area contributed by atoms with E-state index >= 15 is 0 Å². The number of allylic oxidation sites excluding steroid dienone is 12. The van der Waals surface area contributed by atoms with Crippen molar-refractivity contribution in [2.24, 2.45) is 16.3 Å². The molecule has 2 heteroatoms. The normalized spacial score (nSPS) is 20.8. The minimum Gasteiger partial charge on any atom is -0.313 e. The van der Waals surface area contributed by atoms with Crippen LogP contribution in [-0.4, -0.2) is 19.0 Å². The highest BCUT2D eigenvalue weighted by molar-refractivity contribution is 6.10. The monoisotopic (exact) mass is 474 g/mol. The number of rotatable bonds is 7. The van der Waals surface area contributed by atoms with Crippen molar-refractivity contribution in [3.05, 3.63) is 68.4 Å². The van der Waals surface area contributed by atoms with E-state index in [1.54, 1.807) is 11.1 Å². The summed E-state index contributed by atoms with van der Waals surface area (Å²) in [5.41, 5.74) is 14.1. The quantitative estimate of drug-likeness (QED) is 0.281. The van der Waals surface area contributed by atoms with Crippen LogP contribution in [0.15, 0.2) is 73.4 Å². The highest BCUT2D eigenvalue weighted by Gasteiger charge is 2.22. The van der Waals surface area contributed by atoms with Gasteiger partial charge in [-0.05, 0) is 114 Å². The molecule has 0 saturated carbocycles. The zero-order chi connectivity index (χ0) is 26.3. The molecule has 0 fully saturated rings. The molecule has 0 aromatic heterocycles. The SMILES string of the molecule is CN=C(CC=N)C1=C(C)CC=C(/C=C(\C)C2CCC=C(CC(=C(C)C)C(C)(C)C)CC2)C(C)=C1C. The summed E-state index contributed by atoms with van der Waals surface area (Å²) in [5, 5.41) is 7.58. The Balaban J connectivity index is 2.21. The van der Waals surface area contributed by atoms with Crippen molar-refractivity contribution < 1.29 is 0 Å². The van der Waals surface area contributed by atoms with Gasteiger partial charge < -0.3 is 5.41 Å². The third kappa shape index (κ3) is 7.63. The highest BCUT2D eigenvalue weighted by atomic mass is 14.7. The molecule has 0 spiro atoms. The Morgan fingerprint density at radius 3 is 2.31 bits per heavy atom. The lowest BCUT2D eigenvalue weighted by atomic mass is 9.79. The van der Waals surface area contributed by atoms with Gasteiger partial charge in [0.05, 0.1) is 0 Å². The van der Waals surface area contributed by atoms with Crippen LogP contribution in [0.3, 0.4) is 0 Å². The van der Waals surface area contributed by atoms with Crippen LogP contribution in [0.25, 0.3) is 0 Å². The first-order valence-electron chi connectivity index (χ1n) is 13.5. The van der Waals surface area contributed by atoms with Gasteiger partial charge in [0.1, 0.15) is 0 Å². The number of hydrogen-bond acceptors (Lipinski definition) is 2. The second-order valence-corrected chi connectivity index (χ2v) is 11.8. The Bertz CT molecular complexity index is 1020. The minimum atomic E-state index is 0.237. The molecule has 0 aromatic carbocycles. The third-order valence-electron chi connectivity index (χ3n) is 7.98. The maximum atomic E-state index is 7.58. The van der Waals surface area contributed by atoms with E-state index in [0.717, 1.165) is 18.6 Å². The first-order valence-corrected chi connectivity index (χ1v) is 13.5. The van der Waals surface area contributed by atoms with Crippen LogP contribution in [0.2, 0.25) is 0 Å². The zero-order valence-corrected chi connectivity index (χ0v) is 24.3. The topological polar surface area (TPSA) is 36.2 Å². The van der Waals surface area contributed by atoms with E-state index in [-0.39, 0.29) is 5.41 Å². The maximum absolute atomic E-state index is 7.58. The molecule has 1 N–H and O–H groups in total. The van der Waals surface area contributed by atoms with Crippen LogP contribution in [0.4, 0.5) is 0 Å². The fourth-order valence-electron chi connectivity index (χ4n) is 5.77. The molecule has 2 aliphatic rings. The lowest BCUT2D eigenvalue weighted by Crippen LogP contribution is -2.12. The van der Waals surface area contributed by atoms with Crippen molar-refractivity contribution in [2.45, 2.75) is 107 Å². The third-order valence-corrected chi connectivity index (χ3v) is 7.98. The van der Waals surface area contributed by atoms with Gasteiger partial charge in [-0.1, -0.05) is 66.9 Å². The Morgan fingerprint density at radius 2 is 1.74 bits per heavy atom. The molecule has 0 heterocycles. The van der Waals surface area contributed by atoms with Crippen LogP contribution >= 0.6 is 0 Å². The first kappa shape index (κ1) is 29.0. The van der Waals surface area contributed by atoms with Gasteiger partial charge in [-0.15, -0.1) is 0 Å². The van der Waals surface area contributed by atoms with Crippen molar-refractivity contribution in [2.75, 3.05) is 7.05 Å². The predicted octanol–water partition coefficient (Wildman–Crippen LogP) is 9.92. The van der Waals surface area contributed by atoms with E-state index in [4.69, 9.17) is 5.41 Å². The van der Waals surface area contributed by atoms with Crippen molar-refractivity contribution in [1.29, 1.82) is 5.41 Å². The van der Waals surface area contributed by atoms with Gasteiger partial charge in [0, 0.05) is 25.4 Å². The van der Waals surface area contributed by atoms with Crippen LogP contribution in [-0.2, 0) is 0 Å². The second-order valence-electron chi connectivity index (χ2n) is 11.8. The molecule has 0 amide bonds. The molecular weight excluding hydrogens is 424 g/mol. The van der Waals surface area contributed by atoms with Crippen molar-refractivity contribution in [1.82, 2.24) is 0 Å². The van der Waals surface area contributed by atoms with Gasteiger partial charge in [0.25, 0.3) is 0 Å². The first-order chi connectivity index (χ1) is 16.4. The summed E-state index contributed by atoms with van der Waals surface area (Å²) in [6, 6.07) is 0. The van der Waals surface area contributed by atoms with Crippen LogP contribution < -0.4 is 0 Å². The number of hydrogen-bond donors (Lipinski definition) is 1. The lowest BCUT2D eigenvalue weighted by molar-refractivity contribution is 0.480. The average Bonchev–Trinajstić information content (AvgIpc) is 3.08. The van der Waals surface area contributed by atoms with Crippen molar-refractivity contribution >= 4 is 11.9 Å². The summed E-state index contributed by atoms with van der Waals surface area (Å²) in [7, 11) is 1.85. The van der Waals surface area contributed by atoms with Crippen LogP contribution in [0.1, 0.15) is 107 Å². The summed E-state index contributed by atoms with van der Waals surface area (Å²) >= 11 is 0. The van der Waals surface area contributed by atoms with E-state index in [0.29, 0.717) is 12.3 Å². The van der Waals surface area contributed by atoms with E-state index in [1.165, 1.54) is 70.9 Å². The molecule has 2 rings (SSSR count). The van der Waals surface area contributed by atoms with Gasteiger partial charge in [0.15, 0.2) is 0 Å². The van der Waals surface area contributed by atoms with Crippen molar-refractivity contribution in [3.8, 4) is 0 Å². The summed E-state index contributed by atoms with van der Waals surface area (Å²) < 4.78 is 0. The predicted molar refractivity (Wildman–Crippen MR) is 157 cm³/mol. The molecule has 1 unspecified atom stereocenters. The Kier molecular flexibility index (Phi) is 10.5.